The zero-order valence-electron chi connectivity index (χ0n) is 20.9. The third-order valence-corrected chi connectivity index (χ3v) is 7.06. The van der Waals surface area contributed by atoms with Gasteiger partial charge in [-0.25, -0.2) is 9.48 Å². The zero-order chi connectivity index (χ0) is 26.3. The first-order valence-corrected chi connectivity index (χ1v) is 13.5. The largest absolute Gasteiger partial charge is 0.489 e. The Morgan fingerprint density at radius 2 is 2.03 bits per heavy atom. The first kappa shape index (κ1) is 27.9. The lowest BCUT2D eigenvalue weighted by Crippen LogP contribution is -2.39. The molecule has 1 N–H and O–H groups in total. The van der Waals surface area contributed by atoms with Crippen molar-refractivity contribution in [2.24, 2.45) is 13.0 Å². The summed E-state index contributed by atoms with van der Waals surface area (Å²) in [6, 6.07) is 3.58. The molecule has 2 atom stereocenters. The van der Waals surface area contributed by atoms with E-state index in [4.69, 9.17) is 9.47 Å². The van der Waals surface area contributed by atoms with Crippen molar-refractivity contribution in [3.63, 3.8) is 0 Å². The van der Waals surface area contributed by atoms with Crippen LogP contribution >= 0.6 is 0 Å². The topological polar surface area (TPSA) is 120 Å². The molecule has 2 heterocycles. The molecule has 0 radical (unpaired) electrons. The lowest BCUT2D eigenvalue weighted by Gasteiger charge is -2.27. The number of carbonyl (C=O) groups excluding carboxylic acids is 1. The molecule has 2 aliphatic rings. The van der Waals surface area contributed by atoms with Crippen molar-refractivity contribution in [2.45, 2.75) is 76.5 Å². The fraction of sp³-hybridized carbons (Fsp3) is 0.625. The Balaban J connectivity index is 0.00000176. The minimum atomic E-state index is -0.762. The summed E-state index contributed by atoms with van der Waals surface area (Å²) in [7, 11) is 3.56. The van der Waals surface area contributed by atoms with E-state index in [1.165, 1.54) is 0 Å². The molecule has 196 valence electrons. The van der Waals surface area contributed by atoms with Crippen LogP contribution in [-0.4, -0.2) is 60.7 Å². The van der Waals surface area contributed by atoms with E-state index in [2.05, 4.69) is 44.6 Å². The van der Waals surface area contributed by atoms with Gasteiger partial charge < -0.3 is 19.5 Å². The minimum Gasteiger partial charge on any atom is -0.489 e. The molecule has 2 fully saturated rings. The Morgan fingerprint density at radius 1 is 1.28 bits per heavy atom. The highest BCUT2D eigenvalue weighted by Gasteiger charge is 2.48. The number of hydrogen-bond acceptors (Lipinski definition) is 9. The molecule has 2 aliphatic carbocycles. The van der Waals surface area contributed by atoms with E-state index in [1.807, 2.05) is 0 Å². The summed E-state index contributed by atoms with van der Waals surface area (Å²) in [6.45, 7) is 2.17. The number of aryl methyl sites for hydroxylation is 1. The number of carbonyl (C=O) groups is 2. The van der Waals surface area contributed by atoms with E-state index in [9.17, 15) is 14.7 Å². The van der Waals surface area contributed by atoms with E-state index in [1.54, 1.807) is 42.0 Å². The lowest BCUT2D eigenvalue weighted by molar-refractivity contribution is -0.143. The molecule has 0 unspecified atom stereocenters. The maximum atomic E-state index is 12.6. The van der Waals surface area contributed by atoms with Gasteiger partial charge in [0, 0.05) is 42.0 Å². The molecule has 0 aliphatic heterocycles. The number of aromatic nitrogens is 4. The van der Waals surface area contributed by atoms with Crippen molar-refractivity contribution in [1.29, 1.82) is 0 Å². The third kappa shape index (κ3) is 6.52. The molecule has 4 rings (SSSR count). The Kier molecular flexibility index (Phi) is 9.66. The molecule has 0 aromatic carbocycles. The predicted octanol–water partition coefficient (Wildman–Crippen LogP) is 3.80. The van der Waals surface area contributed by atoms with Gasteiger partial charge >= 0.3 is 12.1 Å². The van der Waals surface area contributed by atoms with E-state index in [0.29, 0.717) is 35.7 Å². The van der Waals surface area contributed by atoms with Crippen LogP contribution in [0, 0.1) is 5.92 Å². The summed E-state index contributed by atoms with van der Waals surface area (Å²) >= 11 is 7.33. The second kappa shape index (κ2) is 12.5. The van der Waals surface area contributed by atoms with Crippen LogP contribution < -0.4 is 4.74 Å². The summed E-state index contributed by atoms with van der Waals surface area (Å²) < 4.78 is 13.2. The molecular formula is C24H33N5O5S2. The standard InChI is InChI=1S/C24H33N5O5.S2/c1-4-10-24(11-12-24)28(2)23(32)33-15-20-21(26-27-29(20)3)19-9-8-18(14-25-19)34-17-7-5-6-16(13-17)22(30)31;1-2/h8-9,14,16-17H,4-7,10-13,15H2,1-3H3,(H,30,31);/t16-,17-;/m0./s1. The van der Waals surface area contributed by atoms with Gasteiger partial charge in [-0.2, -0.15) is 0 Å². The van der Waals surface area contributed by atoms with E-state index in [-0.39, 0.29) is 30.3 Å². The number of pyridine rings is 1. The minimum absolute atomic E-state index is 0.0444. The Bertz CT molecular complexity index is 1040. The number of carboxylic acids is 1. The van der Waals surface area contributed by atoms with Crippen LogP contribution in [0.5, 0.6) is 5.75 Å². The number of nitrogens with zero attached hydrogens (tertiary/aromatic N) is 5. The summed E-state index contributed by atoms with van der Waals surface area (Å²) in [5.41, 5.74) is 1.73. The fourth-order valence-electron chi connectivity index (χ4n) is 4.78. The van der Waals surface area contributed by atoms with Crippen molar-refractivity contribution >= 4 is 34.4 Å². The van der Waals surface area contributed by atoms with Crippen LogP contribution in [-0.2, 0) is 45.6 Å². The van der Waals surface area contributed by atoms with Gasteiger partial charge in [0.05, 0.1) is 23.9 Å². The number of hydrogen-bond donors (Lipinski definition) is 1. The zero-order valence-corrected chi connectivity index (χ0v) is 22.5. The highest BCUT2D eigenvalue weighted by molar-refractivity contribution is 8.07. The number of carboxylic acid groups (broad SMARTS) is 1. The molecule has 0 saturated heterocycles. The number of ether oxygens (including phenoxy) is 2. The van der Waals surface area contributed by atoms with E-state index < -0.39 is 5.97 Å². The number of amides is 1. The molecule has 0 bridgehead atoms. The molecule has 10 nitrogen and oxygen atoms in total. The summed E-state index contributed by atoms with van der Waals surface area (Å²) in [6.07, 6.45) is 8.04. The van der Waals surface area contributed by atoms with Crippen molar-refractivity contribution in [1.82, 2.24) is 24.9 Å². The molecule has 2 saturated carbocycles. The highest BCUT2D eigenvalue weighted by Crippen LogP contribution is 2.45. The average molecular weight is 536 g/mol. The molecule has 0 spiro atoms. The van der Waals surface area contributed by atoms with Gasteiger partial charge in [0.2, 0.25) is 0 Å². The Labute approximate surface area is 221 Å². The van der Waals surface area contributed by atoms with Crippen molar-refractivity contribution < 1.29 is 24.2 Å². The molecule has 1 amide bonds. The normalized spacial score (nSPS) is 20.0. The summed E-state index contributed by atoms with van der Waals surface area (Å²) in [4.78, 5) is 30.1. The molecule has 36 heavy (non-hydrogen) atoms. The van der Waals surface area contributed by atoms with Gasteiger partial charge in [-0.1, -0.05) is 18.6 Å². The first-order chi connectivity index (χ1) is 17.3. The quantitative estimate of drug-likeness (QED) is 0.508. The highest BCUT2D eigenvalue weighted by atomic mass is 32.8. The molecule has 2 aromatic heterocycles. The lowest BCUT2D eigenvalue weighted by atomic mass is 9.87. The Morgan fingerprint density at radius 3 is 2.64 bits per heavy atom. The van der Waals surface area contributed by atoms with Crippen LogP contribution in [0.3, 0.4) is 0 Å². The maximum Gasteiger partial charge on any atom is 0.410 e. The first-order valence-electron chi connectivity index (χ1n) is 12.1. The average Bonchev–Trinajstić information content (AvgIpc) is 3.58. The van der Waals surface area contributed by atoms with Gasteiger partial charge in [-0.3, -0.25) is 9.78 Å². The number of rotatable bonds is 9. The fourth-order valence-corrected chi connectivity index (χ4v) is 4.78. The van der Waals surface area contributed by atoms with Crippen LogP contribution in [0.4, 0.5) is 4.79 Å². The SMILES string of the molecule is CCCC1(N(C)C(=O)OCc2c(-c3ccc(O[C@H]4CCC[C@H](C(=O)O)C4)cn3)nnn2C)CC1.S=S. The van der Waals surface area contributed by atoms with Gasteiger partial charge in [0.15, 0.2) is 0 Å². The predicted molar refractivity (Wildman–Crippen MR) is 138 cm³/mol. The summed E-state index contributed by atoms with van der Waals surface area (Å²) in [5.74, 6) is -0.530. The summed E-state index contributed by atoms with van der Waals surface area (Å²) in [5, 5.41) is 17.6. The van der Waals surface area contributed by atoms with Gasteiger partial charge in [0.25, 0.3) is 0 Å². The van der Waals surface area contributed by atoms with E-state index >= 15 is 0 Å². The van der Waals surface area contributed by atoms with Crippen LogP contribution in [0.2, 0.25) is 0 Å². The smallest absolute Gasteiger partial charge is 0.410 e. The Hall–Kier alpha value is -2.73. The van der Waals surface area contributed by atoms with Gasteiger partial charge in [0.1, 0.15) is 23.7 Å². The third-order valence-electron chi connectivity index (χ3n) is 7.06. The monoisotopic (exact) mass is 535 g/mol. The van der Waals surface area contributed by atoms with Gasteiger partial charge in [-0.15, -0.1) is 5.10 Å². The van der Waals surface area contributed by atoms with Crippen LogP contribution in [0.1, 0.15) is 64.0 Å². The van der Waals surface area contributed by atoms with Crippen molar-refractivity contribution in [2.75, 3.05) is 7.05 Å². The number of aliphatic carboxylic acids is 1. The second-order valence-electron chi connectivity index (χ2n) is 9.42. The van der Waals surface area contributed by atoms with E-state index in [0.717, 1.165) is 38.5 Å². The second-order valence-corrected chi connectivity index (χ2v) is 9.42. The van der Waals surface area contributed by atoms with Crippen molar-refractivity contribution in [3.8, 4) is 17.1 Å². The maximum absolute atomic E-state index is 12.6. The molecule has 2 aromatic rings. The van der Waals surface area contributed by atoms with Crippen LogP contribution in [0.25, 0.3) is 11.4 Å². The van der Waals surface area contributed by atoms with Crippen molar-refractivity contribution in [3.05, 3.63) is 24.0 Å². The van der Waals surface area contributed by atoms with Crippen LogP contribution in [0.15, 0.2) is 18.3 Å². The molecule has 12 heteroatoms. The van der Waals surface area contributed by atoms with Gasteiger partial charge in [-0.05, 0) is 57.1 Å². The molecular weight excluding hydrogens is 502 g/mol.